The Hall–Kier alpha value is -0.370. The minimum Gasteiger partial charge on any atom is -0.258 e. The third-order valence-electron chi connectivity index (χ3n) is 1.04. The van der Waals surface area contributed by atoms with Crippen LogP contribution in [0.1, 0.15) is 41.5 Å². The fraction of sp³-hybridized carbons (Fsp3) is 0.500. The predicted octanol–water partition coefficient (Wildman–Crippen LogP) is 3.35. The van der Waals surface area contributed by atoms with Gasteiger partial charge in [-0.25, -0.2) is 0 Å². The van der Waals surface area contributed by atoms with Gasteiger partial charge in [0.25, 0.3) is 0 Å². The molecule has 0 unspecified atom stereocenters. The second-order valence-corrected chi connectivity index (χ2v) is 2.97. The Morgan fingerprint density at radius 2 is 2.58 bits per heavy atom. The van der Waals surface area contributed by atoms with E-state index >= 15 is 0 Å². The predicted molar refractivity (Wildman–Crippen MR) is 55.2 cm³/mol. The molecule has 2 heteroatoms. The van der Waals surface area contributed by atoms with E-state index in [-0.39, 0.29) is 4.47 Å². The molecule has 0 radical (unpaired) electrons. The molecule has 0 aliphatic carbocycles. The van der Waals surface area contributed by atoms with Crippen LogP contribution in [0.5, 0.6) is 0 Å². The number of hydrogen-bond acceptors (Lipinski definition) is 1. The van der Waals surface area contributed by atoms with E-state index in [2.05, 4.69) is 20.9 Å². The first kappa shape index (κ1) is 2.35. The SMILES string of the molecule is [2H]C([2H])([2H])c1cc(Br)cc(C([2H])([2H])C([2H])(C([2H])([2H])[2H])C([2H])([2H])[2H])n1. The smallest absolute Gasteiger partial charge is 0.0420 e. The third kappa shape index (κ3) is 2.94. The fourth-order valence-electron chi connectivity index (χ4n) is 0.689. The van der Waals surface area contributed by atoms with Crippen LogP contribution >= 0.6 is 15.9 Å². The van der Waals surface area contributed by atoms with E-state index in [1.807, 2.05) is 0 Å². The zero-order chi connectivity index (χ0) is 19.4. The summed E-state index contributed by atoms with van der Waals surface area (Å²) < 4.78 is 90.3. The minimum atomic E-state index is -3.55. The number of nitrogens with zero attached hydrogens (tertiary/aromatic N) is 1. The molecule has 0 aliphatic rings. The maximum absolute atomic E-state index is 8.02. The molecule has 0 N–H and O–H groups in total. The number of pyridine rings is 1. The molecule has 1 aromatic heterocycles. The first-order valence-corrected chi connectivity index (χ1v) is 3.83. The van der Waals surface area contributed by atoms with Crippen LogP contribution in [0.15, 0.2) is 16.6 Å². The van der Waals surface area contributed by atoms with Crippen LogP contribution in [0.3, 0.4) is 0 Å². The quantitative estimate of drug-likeness (QED) is 0.772. The Morgan fingerprint density at radius 1 is 1.75 bits per heavy atom. The van der Waals surface area contributed by atoms with Gasteiger partial charge in [0, 0.05) is 32.3 Å². The van der Waals surface area contributed by atoms with Crippen LogP contribution in [0, 0.1) is 12.7 Å². The molecule has 66 valence electrons. The molecule has 0 saturated carbocycles. The highest BCUT2D eigenvalue weighted by Gasteiger charge is 2.00. The zero-order valence-electron chi connectivity index (χ0n) is 18.0. The molecule has 0 fully saturated rings. The van der Waals surface area contributed by atoms with Gasteiger partial charge >= 0.3 is 0 Å². The van der Waals surface area contributed by atoms with E-state index in [0.29, 0.717) is 0 Å². The lowest BCUT2D eigenvalue weighted by Crippen LogP contribution is -1.98. The number of halogens is 1. The zero-order valence-corrected chi connectivity index (χ0v) is 7.57. The summed E-state index contributed by atoms with van der Waals surface area (Å²) in [5.74, 6) is -3.55. The van der Waals surface area contributed by atoms with Crippen molar-refractivity contribution in [2.24, 2.45) is 5.89 Å². The van der Waals surface area contributed by atoms with Crippen LogP contribution in [0.4, 0.5) is 0 Å². The molecule has 0 bridgehead atoms. The summed E-state index contributed by atoms with van der Waals surface area (Å²) in [6.07, 6.45) is -3.28. The molecule has 0 aliphatic heterocycles. The Labute approximate surface area is 99.2 Å². The molecule has 12 heavy (non-hydrogen) atoms. The van der Waals surface area contributed by atoms with Gasteiger partial charge in [-0.3, -0.25) is 4.98 Å². The van der Waals surface area contributed by atoms with Crippen molar-refractivity contribution in [3.63, 3.8) is 0 Å². The van der Waals surface area contributed by atoms with Crippen molar-refractivity contribution in [3.05, 3.63) is 28.0 Å². The number of rotatable bonds is 2. The third-order valence-corrected chi connectivity index (χ3v) is 1.50. The van der Waals surface area contributed by atoms with Crippen LogP contribution in [-0.2, 0) is 6.37 Å². The van der Waals surface area contributed by atoms with Gasteiger partial charge in [-0.15, -0.1) is 0 Å². The Bertz CT molecular complexity index is 600. The summed E-state index contributed by atoms with van der Waals surface area (Å²) in [6, 6.07) is 2.05. The van der Waals surface area contributed by atoms with Gasteiger partial charge < -0.3 is 0 Å². The average Bonchev–Trinajstić information content (AvgIpc) is 2.32. The van der Waals surface area contributed by atoms with Gasteiger partial charge in [0.2, 0.25) is 0 Å². The lowest BCUT2D eigenvalue weighted by Gasteiger charge is -2.05. The molecule has 0 spiro atoms. The summed E-state index contributed by atoms with van der Waals surface area (Å²) in [6.45, 7) is -9.77. The van der Waals surface area contributed by atoms with E-state index in [1.165, 1.54) is 0 Å². The first-order chi connectivity index (χ1) is 10.4. The van der Waals surface area contributed by atoms with Crippen LogP contribution in [0.25, 0.3) is 0 Å². The van der Waals surface area contributed by atoms with Crippen molar-refractivity contribution in [1.29, 1.82) is 0 Å². The standard InChI is InChI=1S/C10H14BrN/c1-7(2)4-10-6-9(11)5-8(3)12-10/h5-7H,4H2,1-3H3/i1D3,2D3,3D3,4D2,7D. The fourth-order valence-corrected chi connectivity index (χ4v) is 1.12. The summed E-state index contributed by atoms with van der Waals surface area (Å²) >= 11 is 2.97. The highest BCUT2D eigenvalue weighted by molar-refractivity contribution is 9.10. The first-order valence-electron chi connectivity index (χ1n) is 9.04. The van der Waals surface area contributed by atoms with E-state index in [1.54, 1.807) is 0 Å². The van der Waals surface area contributed by atoms with E-state index < -0.39 is 44.2 Å². The molecular weight excluding hydrogens is 214 g/mol. The molecule has 1 aromatic rings. The van der Waals surface area contributed by atoms with Crippen molar-refractivity contribution in [2.45, 2.75) is 26.9 Å². The molecule has 0 saturated heterocycles. The van der Waals surface area contributed by atoms with E-state index in [9.17, 15) is 0 Å². The van der Waals surface area contributed by atoms with Gasteiger partial charge in [-0.2, -0.15) is 0 Å². The van der Waals surface area contributed by atoms with Gasteiger partial charge in [0.15, 0.2) is 0 Å². The Morgan fingerprint density at radius 3 is 3.25 bits per heavy atom. The maximum atomic E-state index is 8.02. The second-order valence-electron chi connectivity index (χ2n) is 2.06. The Balaban J connectivity index is 3.72. The maximum Gasteiger partial charge on any atom is 0.0420 e. The van der Waals surface area contributed by atoms with Crippen molar-refractivity contribution in [2.75, 3.05) is 0 Å². The second kappa shape index (κ2) is 4.04. The van der Waals surface area contributed by atoms with Crippen LogP contribution in [0.2, 0.25) is 0 Å². The van der Waals surface area contributed by atoms with Crippen LogP contribution < -0.4 is 0 Å². The van der Waals surface area contributed by atoms with E-state index in [0.717, 1.165) is 12.1 Å². The van der Waals surface area contributed by atoms with E-state index in [4.69, 9.17) is 16.4 Å². The molecule has 0 atom stereocenters. The number of aryl methyl sites for hydroxylation is 1. The minimum absolute atomic E-state index is 0.0703. The van der Waals surface area contributed by atoms with Crippen molar-refractivity contribution >= 4 is 15.9 Å². The Kier molecular flexibility index (Phi) is 0.791. The topological polar surface area (TPSA) is 12.9 Å². The molecule has 0 amide bonds. The van der Waals surface area contributed by atoms with Crippen molar-refractivity contribution in [1.82, 2.24) is 4.98 Å². The summed E-state index contributed by atoms with van der Waals surface area (Å²) in [7, 11) is 0. The highest BCUT2D eigenvalue weighted by atomic mass is 79.9. The summed E-state index contributed by atoms with van der Waals surface area (Å²) in [5.41, 5.74) is -1.31. The lowest BCUT2D eigenvalue weighted by atomic mass is 10.1. The molecule has 1 rings (SSSR count). The number of aromatic nitrogens is 1. The molecule has 1 heterocycles. The average molecular weight is 240 g/mol. The molecular formula is C10H14BrN. The summed E-state index contributed by atoms with van der Waals surface area (Å²) in [5, 5.41) is 0. The lowest BCUT2D eigenvalue weighted by molar-refractivity contribution is 0.634. The van der Waals surface area contributed by atoms with Gasteiger partial charge in [0.1, 0.15) is 0 Å². The van der Waals surface area contributed by atoms with Crippen molar-refractivity contribution in [3.8, 4) is 0 Å². The summed E-state index contributed by atoms with van der Waals surface area (Å²) in [4.78, 5) is 3.58. The number of hydrogen-bond donors (Lipinski definition) is 0. The highest BCUT2D eigenvalue weighted by Crippen LogP contribution is 2.14. The monoisotopic (exact) mass is 239 g/mol. The molecule has 1 nitrogen and oxygen atoms in total. The van der Waals surface area contributed by atoms with Gasteiger partial charge in [-0.05, 0) is 31.3 Å². The van der Waals surface area contributed by atoms with Gasteiger partial charge in [-0.1, -0.05) is 29.6 Å². The molecule has 0 aromatic carbocycles. The van der Waals surface area contributed by atoms with Crippen molar-refractivity contribution < 1.29 is 16.4 Å². The van der Waals surface area contributed by atoms with Crippen LogP contribution in [-0.4, -0.2) is 4.98 Å². The normalized spacial score (nSPS) is 30.8. The largest absolute Gasteiger partial charge is 0.258 e. The van der Waals surface area contributed by atoms with Gasteiger partial charge in [0.05, 0.1) is 0 Å².